The predicted molar refractivity (Wildman–Crippen MR) is 59.4 cm³/mol. The van der Waals surface area contributed by atoms with Gasteiger partial charge in [0.2, 0.25) is 0 Å². The zero-order valence-corrected chi connectivity index (χ0v) is 9.12. The van der Waals surface area contributed by atoms with E-state index in [0.717, 1.165) is 18.5 Å². The second-order valence-corrected chi connectivity index (χ2v) is 4.50. The third-order valence-corrected chi connectivity index (χ3v) is 2.92. The standard InChI is InChI=1S/C12H17NO2/c1-7(2)13-6-9-3-8-4-11(14)12(15)5-10(8)9/h4-5,7,9,13-15H,3,6H2,1-2H3. The Morgan fingerprint density at radius 2 is 2.00 bits per heavy atom. The van der Waals surface area contributed by atoms with E-state index < -0.39 is 0 Å². The number of hydrogen-bond donors (Lipinski definition) is 3. The SMILES string of the molecule is CC(C)NCC1Cc2cc(O)c(O)cc21. The Labute approximate surface area is 89.8 Å². The fraction of sp³-hybridized carbons (Fsp3) is 0.500. The highest BCUT2D eigenvalue weighted by molar-refractivity contribution is 5.51. The summed E-state index contributed by atoms with van der Waals surface area (Å²) >= 11 is 0. The third-order valence-electron chi connectivity index (χ3n) is 2.92. The average molecular weight is 207 g/mol. The molecule has 0 bridgehead atoms. The molecular weight excluding hydrogens is 190 g/mol. The Morgan fingerprint density at radius 3 is 2.67 bits per heavy atom. The van der Waals surface area contributed by atoms with E-state index in [2.05, 4.69) is 19.2 Å². The third kappa shape index (κ3) is 1.92. The highest BCUT2D eigenvalue weighted by Gasteiger charge is 2.27. The molecule has 0 amide bonds. The lowest BCUT2D eigenvalue weighted by atomic mass is 9.77. The van der Waals surface area contributed by atoms with Gasteiger partial charge in [-0.25, -0.2) is 0 Å². The molecule has 0 heterocycles. The second kappa shape index (κ2) is 3.74. The Hall–Kier alpha value is -1.22. The quantitative estimate of drug-likeness (QED) is 0.662. The molecule has 3 N–H and O–H groups in total. The van der Waals surface area contributed by atoms with Crippen LogP contribution >= 0.6 is 0 Å². The Bertz CT molecular complexity index is 374. The van der Waals surface area contributed by atoms with E-state index >= 15 is 0 Å². The van der Waals surface area contributed by atoms with E-state index in [0.29, 0.717) is 12.0 Å². The monoisotopic (exact) mass is 207 g/mol. The van der Waals surface area contributed by atoms with Crippen molar-refractivity contribution in [2.75, 3.05) is 6.54 Å². The molecule has 1 aliphatic rings. The molecule has 3 heteroatoms. The number of phenols is 2. The van der Waals surface area contributed by atoms with Gasteiger partial charge in [0.25, 0.3) is 0 Å². The lowest BCUT2D eigenvalue weighted by Gasteiger charge is -2.31. The van der Waals surface area contributed by atoms with Crippen LogP contribution in [0, 0.1) is 0 Å². The molecule has 1 aromatic carbocycles. The lowest BCUT2D eigenvalue weighted by molar-refractivity contribution is 0.397. The zero-order valence-electron chi connectivity index (χ0n) is 9.12. The number of aromatic hydroxyl groups is 2. The van der Waals surface area contributed by atoms with Crippen LogP contribution in [0.25, 0.3) is 0 Å². The summed E-state index contributed by atoms with van der Waals surface area (Å²) in [6.45, 7) is 5.18. The van der Waals surface area contributed by atoms with Crippen molar-refractivity contribution in [1.82, 2.24) is 5.32 Å². The van der Waals surface area contributed by atoms with Gasteiger partial charge in [0, 0.05) is 18.5 Å². The molecular formula is C12H17NO2. The van der Waals surface area contributed by atoms with E-state index in [9.17, 15) is 10.2 Å². The van der Waals surface area contributed by atoms with Gasteiger partial charge in [0.15, 0.2) is 11.5 Å². The van der Waals surface area contributed by atoms with Crippen molar-refractivity contribution in [3.8, 4) is 11.5 Å². The molecule has 82 valence electrons. The molecule has 15 heavy (non-hydrogen) atoms. The Morgan fingerprint density at radius 1 is 1.33 bits per heavy atom. The van der Waals surface area contributed by atoms with Crippen molar-refractivity contribution in [3.63, 3.8) is 0 Å². The van der Waals surface area contributed by atoms with Crippen LogP contribution in [-0.4, -0.2) is 22.8 Å². The highest BCUT2D eigenvalue weighted by Crippen LogP contribution is 2.41. The van der Waals surface area contributed by atoms with Crippen LogP contribution in [0.3, 0.4) is 0 Å². The molecule has 0 saturated carbocycles. The Kier molecular flexibility index (Phi) is 2.57. The molecule has 0 radical (unpaired) electrons. The summed E-state index contributed by atoms with van der Waals surface area (Å²) < 4.78 is 0. The minimum atomic E-state index is -0.0111. The molecule has 2 rings (SSSR count). The molecule has 1 aliphatic carbocycles. The van der Waals surface area contributed by atoms with Crippen molar-refractivity contribution < 1.29 is 10.2 Å². The first-order chi connectivity index (χ1) is 7.08. The number of hydrogen-bond acceptors (Lipinski definition) is 3. The topological polar surface area (TPSA) is 52.5 Å². The first-order valence-electron chi connectivity index (χ1n) is 5.36. The van der Waals surface area contributed by atoms with Gasteiger partial charge in [0.05, 0.1) is 0 Å². The number of rotatable bonds is 3. The number of benzene rings is 1. The summed E-state index contributed by atoms with van der Waals surface area (Å²) in [6.07, 6.45) is 0.989. The maximum Gasteiger partial charge on any atom is 0.157 e. The molecule has 1 unspecified atom stereocenters. The van der Waals surface area contributed by atoms with Crippen LogP contribution in [0.4, 0.5) is 0 Å². The second-order valence-electron chi connectivity index (χ2n) is 4.50. The zero-order chi connectivity index (χ0) is 11.0. The van der Waals surface area contributed by atoms with Crippen molar-refractivity contribution in [3.05, 3.63) is 23.3 Å². The van der Waals surface area contributed by atoms with Gasteiger partial charge in [-0.05, 0) is 29.7 Å². The van der Waals surface area contributed by atoms with E-state index in [-0.39, 0.29) is 11.5 Å². The summed E-state index contributed by atoms with van der Waals surface area (Å²) in [5.74, 6) is 0.459. The smallest absolute Gasteiger partial charge is 0.157 e. The summed E-state index contributed by atoms with van der Waals surface area (Å²) in [7, 11) is 0. The van der Waals surface area contributed by atoms with Gasteiger partial charge in [0.1, 0.15) is 0 Å². The summed E-state index contributed by atoms with van der Waals surface area (Å²) in [5, 5.41) is 22.1. The van der Waals surface area contributed by atoms with Crippen LogP contribution in [0.5, 0.6) is 11.5 Å². The van der Waals surface area contributed by atoms with Gasteiger partial charge in [-0.15, -0.1) is 0 Å². The molecule has 0 spiro atoms. The number of nitrogens with one attached hydrogen (secondary N) is 1. The first-order valence-corrected chi connectivity index (χ1v) is 5.36. The van der Waals surface area contributed by atoms with Gasteiger partial charge < -0.3 is 15.5 Å². The van der Waals surface area contributed by atoms with E-state index in [1.165, 1.54) is 5.56 Å². The average Bonchev–Trinajstić information content (AvgIpc) is 2.15. The van der Waals surface area contributed by atoms with Gasteiger partial charge in [-0.3, -0.25) is 0 Å². The minimum absolute atomic E-state index is 0.0102. The summed E-state index contributed by atoms with van der Waals surface area (Å²) in [6, 6.07) is 3.83. The van der Waals surface area contributed by atoms with Gasteiger partial charge in [-0.1, -0.05) is 13.8 Å². The molecule has 3 nitrogen and oxygen atoms in total. The molecule has 0 saturated heterocycles. The van der Waals surface area contributed by atoms with Crippen LogP contribution in [0.15, 0.2) is 12.1 Å². The fourth-order valence-corrected chi connectivity index (χ4v) is 2.00. The van der Waals surface area contributed by atoms with Gasteiger partial charge >= 0.3 is 0 Å². The van der Waals surface area contributed by atoms with E-state index in [1.807, 2.05) is 0 Å². The van der Waals surface area contributed by atoms with Crippen LogP contribution in [0.2, 0.25) is 0 Å². The predicted octanol–water partition coefficient (Wildman–Crippen LogP) is 1.74. The minimum Gasteiger partial charge on any atom is -0.504 e. The van der Waals surface area contributed by atoms with Crippen LogP contribution in [0.1, 0.15) is 30.9 Å². The fourth-order valence-electron chi connectivity index (χ4n) is 2.00. The van der Waals surface area contributed by atoms with Crippen molar-refractivity contribution in [1.29, 1.82) is 0 Å². The number of fused-ring (bicyclic) bond motifs is 1. The van der Waals surface area contributed by atoms with Crippen molar-refractivity contribution in [2.24, 2.45) is 0 Å². The van der Waals surface area contributed by atoms with Crippen LogP contribution in [-0.2, 0) is 6.42 Å². The first kappa shape index (κ1) is 10.3. The summed E-state index contributed by atoms with van der Waals surface area (Å²) in [4.78, 5) is 0. The normalized spacial score (nSPS) is 18.7. The number of phenolic OH excluding ortho intramolecular Hbond substituents is 2. The molecule has 1 atom stereocenters. The van der Waals surface area contributed by atoms with Crippen molar-refractivity contribution >= 4 is 0 Å². The molecule has 0 fully saturated rings. The largest absolute Gasteiger partial charge is 0.504 e. The lowest BCUT2D eigenvalue weighted by Crippen LogP contribution is -2.32. The van der Waals surface area contributed by atoms with E-state index in [4.69, 9.17) is 0 Å². The highest BCUT2D eigenvalue weighted by atomic mass is 16.3. The maximum absolute atomic E-state index is 9.38. The molecule has 0 aliphatic heterocycles. The van der Waals surface area contributed by atoms with E-state index in [1.54, 1.807) is 12.1 Å². The molecule has 1 aromatic rings. The summed E-state index contributed by atoms with van der Waals surface area (Å²) in [5.41, 5.74) is 2.32. The maximum atomic E-state index is 9.38. The van der Waals surface area contributed by atoms with Gasteiger partial charge in [-0.2, -0.15) is 0 Å². The molecule has 0 aromatic heterocycles. The van der Waals surface area contributed by atoms with Crippen LogP contribution < -0.4 is 5.32 Å². The Balaban J connectivity index is 2.07. The van der Waals surface area contributed by atoms with Crippen molar-refractivity contribution in [2.45, 2.75) is 32.2 Å².